The quantitative estimate of drug-likeness (QED) is 0.810. The SMILES string of the molecule is CCCC(CN)C(=O)NC(C)c1c(C)noc1C. The van der Waals surface area contributed by atoms with E-state index in [1.807, 2.05) is 27.7 Å². The van der Waals surface area contributed by atoms with Crippen LogP contribution in [0.25, 0.3) is 0 Å². The van der Waals surface area contributed by atoms with Gasteiger partial charge in [0.05, 0.1) is 17.7 Å². The molecule has 1 amide bonds. The summed E-state index contributed by atoms with van der Waals surface area (Å²) in [5.41, 5.74) is 7.40. The van der Waals surface area contributed by atoms with Crippen LogP contribution in [-0.2, 0) is 4.79 Å². The zero-order chi connectivity index (χ0) is 13.7. The van der Waals surface area contributed by atoms with Crippen LogP contribution in [-0.4, -0.2) is 17.6 Å². The van der Waals surface area contributed by atoms with E-state index in [0.717, 1.165) is 29.9 Å². The summed E-state index contributed by atoms with van der Waals surface area (Å²) < 4.78 is 5.11. The lowest BCUT2D eigenvalue weighted by Gasteiger charge is -2.18. The summed E-state index contributed by atoms with van der Waals surface area (Å²) in [4.78, 5) is 12.1. The zero-order valence-corrected chi connectivity index (χ0v) is 11.6. The molecule has 0 spiro atoms. The highest BCUT2D eigenvalue weighted by Gasteiger charge is 2.22. The van der Waals surface area contributed by atoms with Crippen LogP contribution in [0.3, 0.4) is 0 Å². The van der Waals surface area contributed by atoms with E-state index in [1.165, 1.54) is 0 Å². The Morgan fingerprint density at radius 3 is 2.61 bits per heavy atom. The molecule has 1 rings (SSSR count). The molecule has 5 nitrogen and oxygen atoms in total. The second kappa shape index (κ2) is 6.54. The Hall–Kier alpha value is -1.36. The first-order valence-corrected chi connectivity index (χ1v) is 6.44. The van der Waals surface area contributed by atoms with Crippen molar-refractivity contribution in [2.24, 2.45) is 11.7 Å². The second-order valence-electron chi connectivity index (χ2n) is 4.69. The maximum absolute atomic E-state index is 12.1. The van der Waals surface area contributed by atoms with Crippen LogP contribution in [0.2, 0.25) is 0 Å². The van der Waals surface area contributed by atoms with Crippen molar-refractivity contribution in [1.82, 2.24) is 10.5 Å². The number of amides is 1. The maximum atomic E-state index is 12.1. The molecule has 1 heterocycles. The van der Waals surface area contributed by atoms with E-state index in [1.54, 1.807) is 0 Å². The van der Waals surface area contributed by atoms with Crippen molar-refractivity contribution < 1.29 is 9.32 Å². The molecule has 0 saturated carbocycles. The van der Waals surface area contributed by atoms with Gasteiger partial charge in [0, 0.05) is 12.1 Å². The van der Waals surface area contributed by atoms with E-state index in [9.17, 15) is 4.79 Å². The Kier molecular flexibility index (Phi) is 5.34. The lowest BCUT2D eigenvalue weighted by atomic mass is 10.0. The molecule has 102 valence electrons. The van der Waals surface area contributed by atoms with Crippen molar-refractivity contribution in [3.63, 3.8) is 0 Å². The third-order valence-electron chi connectivity index (χ3n) is 3.17. The zero-order valence-electron chi connectivity index (χ0n) is 11.6. The average molecular weight is 253 g/mol. The van der Waals surface area contributed by atoms with Crippen LogP contribution in [0.5, 0.6) is 0 Å². The Morgan fingerprint density at radius 2 is 2.17 bits per heavy atom. The molecule has 1 aromatic rings. The van der Waals surface area contributed by atoms with Crippen molar-refractivity contribution >= 4 is 5.91 Å². The number of aryl methyl sites for hydroxylation is 2. The molecule has 2 unspecified atom stereocenters. The molecule has 5 heteroatoms. The van der Waals surface area contributed by atoms with Crippen molar-refractivity contribution in [1.29, 1.82) is 0 Å². The van der Waals surface area contributed by atoms with Crippen LogP contribution in [0, 0.1) is 19.8 Å². The van der Waals surface area contributed by atoms with E-state index in [0.29, 0.717) is 6.54 Å². The highest BCUT2D eigenvalue weighted by Crippen LogP contribution is 2.21. The number of nitrogens with zero attached hydrogens (tertiary/aromatic N) is 1. The number of carbonyl (C=O) groups is 1. The van der Waals surface area contributed by atoms with Gasteiger partial charge in [-0.1, -0.05) is 18.5 Å². The van der Waals surface area contributed by atoms with Crippen molar-refractivity contribution in [2.45, 2.75) is 46.6 Å². The molecule has 1 aromatic heterocycles. The summed E-state index contributed by atoms with van der Waals surface area (Å²) in [7, 11) is 0. The summed E-state index contributed by atoms with van der Waals surface area (Å²) in [6.07, 6.45) is 1.77. The van der Waals surface area contributed by atoms with E-state index >= 15 is 0 Å². The largest absolute Gasteiger partial charge is 0.361 e. The van der Waals surface area contributed by atoms with Gasteiger partial charge in [-0.3, -0.25) is 4.79 Å². The Morgan fingerprint density at radius 1 is 1.50 bits per heavy atom. The van der Waals surface area contributed by atoms with Crippen LogP contribution < -0.4 is 11.1 Å². The fourth-order valence-electron chi connectivity index (χ4n) is 2.22. The molecule has 0 saturated heterocycles. The maximum Gasteiger partial charge on any atom is 0.224 e. The number of hydrogen-bond donors (Lipinski definition) is 2. The molecule has 0 aliphatic heterocycles. The summed E-state index contributed by atoms with van der Waals surface area (Å²) in [5, 5.41) is 6.88. The van der Waals surface area contributed by atoms with Gasteiger partial charge in [0.25, 0.3) is 0 Å². The average Bonchev–Trinajstić information content (AvgIpc) is 2.65. The molecular weight excluding hydrogens is 230 g/mol. The van der Waals surface area contributed by atoms with Gasteiger partial charge in [-0.25, -0.2) is 0 Å². The van der Waals surface area contributed by atoms with E-state index < -0.39 is 0 Å². The van der Waals surface area contributed by atoms with Gasteiger partial charge in [-0.15, -0.1) is 0 Å². The standard InChI is InChI=1S/C13H23N3O2/c1-5-6-11(7-14)13(17)15-8(2)12-9(3)16-18-10(12)4/h8,11H,5-7,14H2,1-4H3,(H,15,17). The summed E-state index contributed by atoms with van der Waals surface area (Å²) in [5.74, 6) is 0.643. The minimum atomic E-state index is -0.113. The van der Waals surface area contributed by atoms with Crippen molar-refractivity contribution in [3.05, 3.63) is 17.0 Å². The minimum absolute atomic E-state index is 0.00634. The van der Waals surface area contributed by atoms with E-state index in [4.69, 9.17) is 10.3 Å². The smallest absolute Gasteiger partial charge is 0.224 e. The lowest BCUT2D eigenvalue weighted by molar-refractivity contribution is -0.125. The molecule has 0 aliphatic rings. The van der Waals surface area contributed by atoms with Crippen LogP contribution >= 0.6 is 0 Å². The third kappa shape index (κ3) is 3.32. The number of carbonyl (C=O) groups excluding carboxylic acids is 1. The van der Waals surface area contributed by atoms with Crippen LogP contribution in [0.4, 0.5) is 0 Å². The van der Waals surface area contributed by atoms with E-state index in [-0.39, 0.29) is 17.9 Å². The van der Waals surface area contributed by atoms with Gasteiger partial charge in [0.1, 0.15) is 5.76 Å². The molecule has 0 fully saturated rings. The topological polar surface area (TPSA) is 81.2 Å². The summed E-state index contributed by atoms with van der Waals surface area (Å²) >= 11 is 0. The molecule has 0 bridgehead atoms. The first-order valence-electron chi connectivity index (χ1n) is 6.44. The number of nitrogens with one attached hydrogen (secondary N) is 1. The second-order valence-corrected chi connectivity index (χ2v) is 4.69. The molecule has 3 N–H and O–H groups in total. The van der Waals surface area contributed by atoms with Crippen LogP contribution in [0.15, 0.2) is 4.52 Å². The summed E-state index contributed by atoms with van der Waals surface area (Å²) in [6, 6.07) is -0.102. The molecule has 0 aliphatic carbocycles. The van der Waals surface area contributed by atoms with Gasteiger partial charge in [-0.2, -0.15) is 0 Å². The van der Waals surface area contributed by atoms with Gasteiger partial charge in [0.2, 0.25) is 5.91 Å². The van der Waals surface area contributed by atoms with Crippen molar-refractivity contribution in [2.75, 3.05) is 6.54 Å². The molecular formula is C13H23N3O2. The predicted octanol–water partition coefficient (Wildman–Crippen LogP) is 1.84. The van der Waals surface area contributed by atoms with Gasteiger partial charge in [-0.05, 0) is 27.2 Å². The summed E-state index contributed by atoms with van der Waals surface area (Å²) in [6.45, 7) is 8.09. The first-order chi connectivity index (χ1) is 8.51. The highest BCUT2D eigenvalue weighted by molar-refractivity contribution is 5.79. The predicted molar refractivity (Wildman–Crippen MR) is 70.0 cm³/mol. The Bertz CT molecular complexity index is 381. The van der Waals surface area contributed by atoms with Gasteiger partial charge >= 0.3 is 0 Å². The molecule has 2 atom stereocenters. The number of nitrogens with two attached hydrogens (primary N) is 1. The molecule has 0 aromatic carbocycles. The minimum Gasteiger partial charge on any atom is -0.361 e. The fourth-order valence-corrected chi connectivity index (χ4v) is 2.22. The van der Waals surface area contributed by atoms with E-state index in [2.05, 4.69) is 10.5 Å². The number of rotatable bonds is 6. The van der Waals surface area contributed by atoms with Gasteiger partial charge in [0.15, 0.2) is 0 Å². The Labute approximate surface area is 108 Å². The monoisotopic (exact) mass is 253 g/mol. The number of aromatic nitrogens is 1. The highest BCUT2D eigenvalue weighted by atomic mass is 16.5. The molecule has 18 heavy (non-hydrogen) atoms. The lowest BCUT2D eigenvalue weighted by Crippen LogP contribution is -2.36. The van der Waals surface area contributed by atoms with Crippen molar-refractivity contribution in [3.8, 4) is 0 Å². The Balaban J connectivity index is 2.70. The van der Waals surface area contributed by atoms with Crippen LogP contribution in [0.1, 0.15) is 49.7 Å². The van der Waals surface area contributed by atoms with Gasteiger partial charge < -0.3 is 15.6 Å². The number of hydrogen-bond acceptors (Lipinski definition) is 4. The molecule has 0 radical (unpaired) electrons. The first kappa shape index (κ1) is 14.7. The fraction of sp³-hybridized carbons (Fsp3) is 0.692. The normalized spacial score (nSPS) is 14.3. The third-order valence-corrected chi connectivity index (χ3v) is 3.17.